The molecule has 0 radical (unpaired) electrons. The number of nitrogens with zero attached hydrogens (tertiary/aromatic N) is 1. The lowest BCUT2D eigenvalue weighted by atomic mass is 10.0. The highest BCUT2D eigenvalue weighted by Crippen LogP contribution is 2.32. The quantitative estimate of drug-likeness (QED) is 0.913. The lowest BCUT2D eigenvalue weighted by molar-refractivity contribution is 0.199. The van der Waals surface area contributed by atoms with E-state index in [1.54, 1.807) is 44.0 Å². The normalized spacial score (nSPS) is 12.3. The maximum atomic E-state index is 13.7. The number of rotatable bonds is 3. The van der Waals surface area contributed by atoms with Crippen LogP contribution >= 0.6 is 0 Å². The minimum atomic E-state index is -0.789. The molecule has 0 amide bonds. The molecule has 2 aromatic rings. The van der Waals surface area contributed by atoms with Crippen LogP contribution in [0, 0.1) is 18.6 Å². The zero-order valence-corrected chi connectivity index (χ0v) is 11.7. The van der Waals surface area contributed by atoms with Gasteiger partial charge in [-0.15, -0.1) is 0 Å². The lowest BCUT2D eigenvalue weighted by Gasteiger charge is -2.24. The van der Waals surface area contributed by atoms with E-state index in [2.05, 4.69) is 0 Å². The fraction of sp³-hybridized carbons (Fsp3) is 0.250. The summed E-state index contributed by atoms with van der Waals surface area (Å²) in [6.45, 7) is 3.26. The number of hydrogen-bond donors (Lipinski definition) is 1. The molecule has 106 valence electrons. The third-order valence-corrected chi connectivity index (χ3v) is 3.33. The molecular weight excluding hydrogens is 260 g/mol. The summed E-state index contributed by atoms with van der Waals surface area (Å²) in [6.07, 6.45) is -0.789. The summed E-state index contributed by atoms with van der Waals surface area (Å²) in [5.74, 6) is -0.662. The zero-order valence-electron chi connectivity index (χ0n) is 11.7. The Morgan fingerprint density at radius 1 is 1.10 bits per heavy atom. The van der Waals surface area contributed by atoms with Crippen LogP contribution in [0.15, 0.2) is 36.4 Å². The first-order valence-corrected chi connectivity index (χ1v) is 6.37. The Morgan fingerprint density at radius 3 is 2.25 bits per heavy atom. The van der Waals surface area contributed by atoms with Gasteiger partial charge >= 0.3 is 0 Å². The van der Waals surface area contributed by atoms with Crippen molar-refractivity contribution < 1.29 is 13.9 Å². The number of benzene rings is 2. The van der Waals surface area contributed by atoms with Crippen LogP contribution in [0.2, 0.25) is 0 Å². The molecule has 2 aromatic carbocycles. The van der Waals surface area contributed by atoms with Crippen LogP contribution in [-0.4, -0.2) is 12.2 Å². The number of hydrogen-bond acceptors (Lipinski definition) is 2. The second-order valence-corrected chi connectivity index (χ2v) is 4.87. The number of halogens is 2. The number of aliphatic hydroxyl groups excluding tert-OH is 1. The van der Waals surface area contributed by atoms with E-state index in [-0.39, 0.29) is 11.6 Å². The molecular formula is C16H17F2NO. The summed E-state index contributed by atoms with van der Waals surface area (Å²) in [5.41, 5.74) is 2.46. The third kappa shape index (κ3) is 2.80. The maximum absolute atomic E-state index is 13.7. The molecule has 2 nitrogen and oxygen atoms in total. The first kappa shape index (κ1) is 14.5. The monoisotopic (exact) mass is 277 g/mol. The van der Waals surface area contributed by atoms with Crippen LogP contribution < -0.4 is 4.90 Å². The molecule has 0 spiro atoms. The van der Waals surface area contributed by atoms with E-state index in [1.807, 2.05) is 0 Å². The van der Waals surface area contributed by atoms with Crippen molar-refractivity contribution in [3.05, 3.63) is 59.2 Å². The van der Waals surface area contributed by atoms with Gasteiger partial charge in [-0.2, -0.15) is 0 Å². The molecule has 0 fully saturated rings. The highest BCUT2D eigenvalue weighted by molar-refractivity contribution is 5.67. The molecule has 1 N–H and O–H groups in total. The highest BCUT2D eigenvalue weighted by atomic mass is 19.1. The summed E-state index contributed by atoms with van der Waals surface area (Å²) in [5, 5.41) is 9.81. The average molecular weight is 277 g/mol. The van der Waals surface area contributed by atoms with Crippen molar-refractivity contribution in [2.24, 2.45) is 0 Å². The molecule has 20 heavy (non-hydrogen) atoms. The second kappa shape index (κ2) is 5.59. The molecule has 2 rings (SSSR count). The summed E-state index contributed by atoms with van der Waals surface area (Å²) in [6, 6.07) is 9.03. The molecule has 0 bridgehead atoms. The van der Waals surface area contributed by atoms with Gasteiger partial charge in [-0.05, 0) is 55.8 Å². The van der Waals surface area contributed by atoms with E-state index in [1.165, 1.54) is 18.2 Å². The van der Waals surface area contributed by atoms with Crippen LogP contribution in [0.3, 0.4) is 0 Å². The van der Waals surface area contributed by atoms with Gasteiger partial charge in [0.15, 0.2) is 0 Å². The smallest absolute Gasteiger partial charge is 0.126 e. The minimum Gasteiger partial charge on any atom is -0.389 e. The summed E-state index contributed by atoms with van der Waals surface area (Å²) in [4.78, 5) is 1.80. The van der Waals surface area contributed by atoms with Crippen LogP contribution in [-0.2, 0) is 0 Å². The number of anilines is 2. The molecule has 0 aliphatic heterocycles. The standard InChI is InChI=1S/C16H17F2NO/c1-10-8-16(14(11(2)20)9-15(10)18)19(3)13-6-4-12(17)5-7-13/h4-9,11,20H,1-3H3/t11-/m0/s1. The van der Waals surface area contributed by atoms with E-state index < -0.39 is 6.10 Å². The fourth-order valence-corrected chi connectivity index (χ4v) is 2.11. The Morgan fingerprint density at radius 2 is 1.70 bits per heavy atom. The minimum absolute atomic E-state index is 0.312. The topological polar surface area (TPSA) is 23.5 Å². The SMILES string of the molecule is Cc1cc(N(C)c2ccc(F)cc2)c([C@H](C)O)cc1F. The van der Waals surface area contributed by atoms with Gasteiger partial charge in [0.1, 0.15) is 11.6 Å². The van der Waals surface area contributed by atoms with Crippen LogP contribution in [0.4, 0.5) is 20.2 Å². The van der Waals surface area contributed by atoms with E-state index in [0.29, 0.717) is 16.8 Å². The molecule has 0 heterocycles. The van der Waals surface area contributed by atoms with Crippen LogP contribution in [0.1, 0.15) is 24.2 Å². The van der Waals surface area contributed by atoms with Crippen molar-refractivity contribution in [2.45, 2.75) is 20.0 Å². The van der Waals surface area contributed by atoms with Crippen molar-refractivity contribution in [3.63, 3.8) is 0 Å². The molecule has 0 unspecified atom stereocenters. The molecule has 0 saturated carbocycles. The van der Waals surface area contributed by atoms with Gasteiger partial charge in [-0.1, -0.05) is 0 Å². The molecule has 0 saturated heterocycles. The molecule has 4 heteroatoms. The summed E-state index contributed by atoms with van der Waals surface area (Å²) in [7, 11) is 1.80. The maximum Gasteiger partial charge on any atom is 0.126 e. The summed E-state index contributed by atoms with van der Waals surface area (Å²) < 4.78 is 26.6. The first-order chi connectivity index (χ1) is 9.40. The van der Waals surface area contributed by atoms with E-state index >= 15 is 0 Å². The highest BCUT2D eigenvalue weighted by Gasteiger charge is 2.16. The van der Waals surface area contributed by atoms with Crippen molar-refractivity contribution in [2.75, 3.05) is 11.9 Å². The second-order valence-electron chi connectivity index (χ2n) is 4.87. The van der Waals surface area contributed by atoms with Crippen molar-refractivity contribution in [1.82, 2.24) is 0 Å². The van der Waals surface area contributed by atoms with Gasteiger partial charge in [0.2, 0.25) is 0 Å². The molecule has 1 atom stereocenters. The number of aryl methyl sites for hydroxylation is 1. The average Bonchev–Trinajstić information content (AvgIpc) is 2.41. The number of aliphatic hydroxyl groups is 1. The van der Waals surface area contributed by atoms with Gasteiger partial charge in [0.25, 0.3) is 0 Å². The van der Waals surface area contributed by atoms with Crippen LogP contribution in [0.5, 0.6) is 0 Å². The predicted octanol–water partition coefficient (Wildman–Crippen LogP) is 4.09. The fourth-order valence-electron chi connectivity index (χ4n) is 2.11. The van der Waals surface area contributed by atoms with Gasteiger partial charge in [0.05, 0.1) is 6.10 Å². The molecule has 0 aliphatic carbocycles. The van der Waals surface area contributed by atoms with Gasteiger partial charge < -0.3 is 10.0 Å². The molecule has 0 aliphatic rings. The predicted molar refractivity (Wildman–Crippen MR) is 76.2 cm³/mol. The Balaban J connectivity index is 2.50. The van der Waals surface area contributed by atoms with Crippen LogP contribution in [0.25, 0.3) is 0 Å². The zero-order chi connectivity index (χ0) is 14.9. The first-order valence-electron chi connectivity index (χ1n) is 6.37. The molecule has 0 aromatic heterocycles. The van der Waals surface area contributed by atoms with Crippen molar-refractivity contribution in [3.8, 4) is 0 Å². The largest absolute Gasteiger partial charge is 0.389 e. The van der Waals surface area contributed by atoms with E-state index in [4.69, 9.17) is 0 Å². The Labute approximate surface area is 117 Å². The van der Waals surface area contributed by atoms with E-state index in [9.17, 15) is 13.9 Å². The lowest BCUT2D eigenvalue weighted by Crippen LogP contribution is -2.13. The Bertz CT molecular complexity index is 609. The summed E-state index contributed by atoms with van der Waals surface area (Å²) >= 11 is 0. The van der Waals surface area contributed by atoms with Gasteiger partial charge in [-0.3, -0.25) is 0 Å². The Hall–Kier alpha value is -1.94. The van der Waals surface area contributed by atoms with Gasteiger partial charge in [-0.25, -0.2) is 8.78 Å². The van der Waals surface area contributed by atoms with E-state index in [0.717, 1.165) is 5.69 Å². The van der Waals surface area contributed by atoms with Gasteiger partial charge in [0, 0.05) is 24.0 Å². The third-order valence-electron chi connectivity index (χ3n) is 3.33. The Kier molecular flexibility index (Phi) is 4.04. The van der Waals surface area contributed by atoms with Crippen molar-refractivity contribution in [1.29, 1.82) is 0 Å². The van der Waals surface area contributed by atoms with Crippen molar-refractivity contribution >= 4 is 11.4 Å².